The quantitative estimate of drug-likeness (QED) is 0.851. The molecule has 0 radical (unpaired) electrons. The summed E-state index contributed by atoms with van der Waals surface area (Å²) in [5, 5.41) is 6.70. The number of aromatic nitrogens is 2. The van der Waals surface area contributed by atoms with E-state index in [-0.39, 0.29) is 5.69 Å². The molecule has 0 aliphatic rings. The highest BCUT2D eigenvalue weighted by molar-refractivity contribution is 5.88. The Balaban J connectivity index is 2.41. The largest absolute Gasteiger partial charge is 0.497 e. The number of nitrogens with zero attached hydrogens (tertiary/aromatic N) is 1. The molecule has 19 heavy (non-hydrogen) atoms. The van der Waals surface area contributed by atoms with Crippen molar-refractivity contribution >= 4 is 5.97 Å². The second-order valence-electron chi connectivity index (χ2n) is 3.72. The lowest BCUT2D eigenvalue weighted by Crippen LogP contribution is -2.00. The maximum Gasteiger partial charge on any atom is 0.356 e. The molecule has 0 aliphatic carbocycles. The number of carbonyl (C=O) groups excluding carboxylic acids is 1. The van der Waals surface area contributed by atoms with Crippen molar-refractivity contribution in [2.45, 2.75) is 0 Å². The predicted molar refractivity (Wildman–Crippen MR) is 68.5 cm³/mol. The van der Waals surface area contributed by atoms with Crippen molar-refractivity contribution < 1.29 is 19.0 Å². The Kier molecular flexibility index (Phi) is 3.70. The molecular weight excluding hydrogens is 248 g/mol. The van der Waals surface area contributed by atoms with Crippen molar-refractivity contribution in [3.63, 3.8) is 0 Å². The minimum Gasteiger partial charge on any atom is -0.497 e. The lowest BCUT2D eigenvalue weighted by atomic mass is 10.1. The first-order valence-corrected chi connectivity index (χ1v) is 5.55. The Morgan fingerprint density at radius 3 is 2.58 bits per heavy atom. The van der Waals surface area contributed by atoms with Crippen LogP contribution in [0.2, 0.25) is 0 Å². The van der Waals surface area contributed by atoms with Gasteiger partial charge in [-0.1, -0.05) is 0 Å². The first-order chi connectivity index (χ1) is 9.19. The highest BCUT2D eigenvalue weighted by atomic mass is 16.5. The van der Waals surface area contributed by atoms with Crippen molar-refractivity contribution in [1.82, 2.24) is 10.2 Å². The van der Waals surface area contributed by atoms with Crippen LogP contribution in [-0.4, -0.2) is 37.5 Å². The molecule has 2 aromatic rings. The number of carbonyl (C=O) groups is 1. The highest BCUT2D eigenvalue weighted by Gasteiger charge is 2.14. The van der Waals surface area contributed by atoms with Gasteiger partial charge in [0.15, 0.2) is 0 Å². The molecule has 1 heterocycles. The van der Waals surface area contributed by atoms with Crippen molar-refractivity contribution in [3.8, 4) is 22.8 Å². The van der Waals surface area contributed by atoms with Crippen LogP contribution in [-0.2, 0) is 4.74 Å². The van der Waals surface area contributed by atoms with Crippen LogP contribution in [0, 0.1) is 0 Å². The number of benzene rings is 1. The van der Waals surface area contributed by atoms with E-state index in [0.717, 1.165) is 5.56 Å². The van der Waals surface area contributed by atoms with Crippen LogP contribution in [0.15, 0.2) is 24.3 Å². The van der Waals surface area contributed by atoms with Crippen molar-refractivity contribution in [2.24, 2.45) is 0 Å². The number of hydrogen-bond donors (Lipinski definition) is 1. The van der Waals surface area contributed by atoms with Gasteiger partial charge in [-0.15, -0.1) is 0 Å². The summed E-state index contributed by atoms with van der Waals surface area (Å²) in [5.41, 5.74) is 1.64. The molecule has 100 valence electrons. The number of methoxy groups -OCH3 is 3. The third kappa shape index (κ3) is 2.52. The zero-order valence-corrected chi connectivity index (χ0v) is 10.9. The first kappa shape index (κ1) is 12.9. The summed E-state index contributed by atoms with van der Waals surface area (Å²) in [6.07, 6.45) is 0. The van der Waals surface area contributed by atoms with Crippen LogP contribution >= 0.6 is 0 Å². The van der Waals surface area contributed by atoms with Crippen molar-refractivity contribution in [1.29, 1.82) is 0 Å². The van der Waals surface area contributed by atoms with Crippen LogP contribution in [0.4, 0.5) is 0 Å². The fourth-order valence-electron chi connectivity index (χ4n) is 1.68. The minimum atomic E-state index is -0.466. The molecule has 1 aromatic carbocycles. The Bertz CT molecular complexity index is 592. The van der Waals surface area contributed by atoms with Crippen molar-refractivity contribution in [3.05, 3.63) is 30.0 Å². The second kappa shape index (κ2) is 5.43. The smallest absolute Gasteiger partial charge is 0.356 e. The van der Waals surface area contributed by atoms with Gasteiger partial charge in [-0.25, -0.2) is 4.79 Å². The van der Waals surface area contributed by atoms with Gasteiger partial charge in [0.1, 0.15) is 17.2 Å². The van der Waals surface area contributed by atoms with Crippen molar-refractivity contribution in [2.75, 3.05) is 21.3 Å². The molecule has 6 heteroatoms. The molecule has 0 fully saturated rings. The second-order valence-corrected chi connectivity index (χ2v) is 3.72. The number of esters is 1. The van der Waals surface area contributed by atoms with E-state index in [9.17, 15) is 4.79 Å². The Morgan fingerprint density at radius 1 is 1.16 bits per heavy atom. The normalized spacial score (nSPS) is 10.1. The van der Waals surface area contributed by atoms with Crippen LogP contribution in [0.25, 0.3) is 11.3 Å². The third-order valence-corrected chi connectivity index (χ3v) is 2.67. The van der Waals surface area contributed by atoms with Gasteiger partial charge in [-0.05, 0) is 18.2 Å². The van der Waals surface area contributed by atoms with Gasteiger partial charge in [0.25, 0.3) is 0 Å². The number of H-pyrrole nitrogens is 1. The van der Waals surface area contributed by atoms with E-state index in [2.05, 4.69) is 14.9 Å². The Morgan fingerprint density at radius 2 is 1.95 bits per heavy atom. The van der Waals surface area contributed by atoms with E-state index < -0.39 is 5.97 Å². The van der Waals surface area contributed by atoms with Gasteiger partial charge in [0.05, 0.1) is 27.0 Å². The topological polar surface area (TPSA) is 73.4 Å². The average Bonchev–Trinajstić information content (AvgIpc) is 2.95. The van der Waals surface area contributed by atoms with E-state index in [1.54, 1.807) is 32.4 Å². The zero-order chi connectivity index (χ0) is 13.8. The first-order valence-electron chi connectivity index (χ1n) is 5.55. The molecular formula is C13H14N2O4. The van der Waals surface area contributed by atoms with Gasteiger partial charge in [-0.3, -0.25) is 5.10 Å². The highest BCUT2D eigenvalue weighted by Crippen LogP contribution is 2.32. The predicted octanol–water partition coefficient (Wildman–Crippen LogP) is 1.88. The maximum absolute atomic E-state index is 11.4. The van der Waals surface area contributed by atoms with E-state index in [4.69, 9.17) is 9.47 Å². The molecule has 0 saturated heterocycles. The molecule has 0 amide bonds. The van der Waals surface area contributed by atoms with Crippen LogP contribution in [0.5, 0.6) is 11.5 Å². The Labute approximate surface area is 110 Å². The summed E-state index contributed by atoms with van der Waals surface area (Å²) >= 11 is 0. The fraction of sp³-hybridized carbons (Fsp3) is 0.231. The summed E-state index contributed by atoms with van der Waals surface area (Å²) in [4.78, 5) is 11.4. The van der Waals surface area contributed by atoms with E-state index in [1.165, 1.54) is 7.11 Å². The molecule has 0 saturated carbocycles. The van der Waals surface area contributed by atoms with Gasteiger partial charge >= 0.3 is 5.97 Å². The molecule has 0 spiro atoms. The summed E-state index contributed by atoms with van der Waals surface area (Å²) in [6, 6.07) is 6.97. The molecule has 0 bridgehead atoms. The summed E-state index contributed by atoms with van der Waals surface area (Å²) in [5.74, 6) is 0.831. The number of rotatable bonds is 4. The SMILES string of the molecule is COC(=O)c1cc(-c2ccc(OC)cc2OC)n[nH]1. The molecule has 6 nitrogen and oxygen atoms in total. The summed E-state index contributed by atoms with van der Waals surface area (Å²) in [7, 11) is 4.46. The van der Waals surface area contributed by atoms with E-state index in [0.29, 0.717) is 17.2 Å². The summed E-state index contributed by atoms with van der Waals surface area (Å²) < 4.78 is 15.0. The minimum absolute atomic E-state index is 0.287. The number of hydrogen-bond acceptors (Lipinski definition) is 5. The molecule has 0 unspecified atom stereocenters. The monoisotopic (exact) mass is 262 g/mol. The number of aromatic amines is 1. The zero-order valence-electron chi connectivity index (χ0n) is 10.9. The molecule has 0 atom stereocenters. The van der Waals surface area contributed by atoms with Gasteiger partial charge in [0.2, 0.25) is 0 Å². The molecule has 1 N–H and O–H groups in total. The fourth-order valence-corrected chi connectivity index (χ4v) is 1.68. The molecule has 2 rings (SSSR count). The number of nitrogens with one attached hydrogen (secondary N) is 1. The standard InChI is InChI=1S/C13H14N2O4/c1-17-8-4-5-9(12(6-8)18-2)10-7-11(15-14-10)13(16)19-3/h4-7H,1-3H3,(H,14,15). The van der Waals surface area contributed by atoms with Gasteiger partial charge in [-0.2, -0.15) is 5.10 Å². The van der Waals surface area contributed by atoms with E-state index in [1.807, 2.05) is 6.07 Å². The van der Waals surface area contributed by atoms with Gasteiger partial charge in [0, 0.05) is 11.6 Å². The average molecular weight is 262 g/mol. The third-order valence-electron chi connectivity index (χ3n) is 2.67. The van der Waals surface area contributed by atoms with Crippen LogP contribution < -0.4 is 9.47 Å². The maximum atomic E-state index is 11.4. The van der Waals surface area contributed by atoms with Gasteiger partial charge < -0.3 is 14.2 Å². The summed E-state index contributed by atoms with van der Waals surface area (Å²) in [6.45, 7) is 0. The van der Waals surface area contributed by atoms with Crippen LogP contribution in [0.1, 0.15) is 10.5 Å². The van der Waals surface area contributed by atoms with E-state index >= 15 is 0 Å². The number of ether oxygens (including phenoxy) is 3. The lowest BCUT2D eigenvalue weighted by molar-refractivity contribution is 0.0594. The Hall–Kier alpha value is -2.50. The molecule has 0 aliphatic heterocycles. The lowest BCUT2D eigenvalue weighted by Gasteiger charge is -2.08. The van der Waals surface area contributed by atoms with Crippen LogP contribution in [0.3, 0.4) is 0 Å². The molecule has 1 aromatic heterocycles.